The van der Waals surface area contributed by atoms with Gasteiger partial charge >= 0.3 is 6.18 Å². The summed E-state index contributed by atoms with van der Waals surface area (Å²) in [5, 5.41) is 11.8. The third-order valence-corrected chi connectivity index (χ3v) is 3.73. The zero-order valence-corrected chi connectivity index (χ0v) is 14.3. The van der Waals surface area contributed by atoms with Crippen LogP contribution in [0.5, 0.6) is 11.5 Å². The summed E-state index contributed by atoms with van der Waals surface area (Å²) in [4.78, 5) is 0. The number of hydrogen-bond donors (Lipinski definition) is 0. The first-order valence-corrected chi connectivity index (χ1v) is 8.25. The van der Waals surface area contributed by atoms with Gasteiger partial charge in [0.1, 0.15) is 18.5 Å². The molecule has 0 N–H and O–H groups in total. The molecule has 1 saturated heterocycles. The molecule has 1 atom stereocenters. The lowest BCUT2D eigenvalue weighted by molar-refractivity contribution is -0.605. The molecule has 2 heterocycles. The standard InChI is InChI=1S/C18H18F3NO5/c19-18(20,21)12-27-15-3-1-13(2-4-15)14-7-16(9-22(23)8-14)26-11-17-10-24-5-6-25-17/h1-4,7-9,17H,5-6,10-12H2/t17-/m1/s1. The first-order chi connectivity index (χ1) is 12.9. The third-order valence-electron chi connectivity index (χ3n) is 3.73. The molecule has 0 unspecified atom stereocenters. The van der Waals surface area contributed by atoms with Crippen LogP contribution in [0.4, 0.5) is 13.2 Å². The highest BCUT2D eigenvalue weighted by Gasteiger charge is 2.28. The Balaban J connectivity index is 1.66. The average Bonchev–Trinajstić information content (AvgIpc) is 2.65. The molecular weight excluding hydrogens is 367 g/mol. The van der Waals surface area contributed by atoms with Crippen molar-refractivity contribution in [1.82, 2.24) is 0 Å². The average molecular weight is 385 g/mol. The molecule has 0 amide bonds. The second-order valence-corrected chi connectivity index (χ2v) is 5.93. The zero-order valence-electron chi connectivity index (χ0n) is 14.3. The number of halogens is 3. The van der Waals surface area contributed by atoms with E-state index in [9.17, 15) is 18.4 Å². The summed E-state index contributed by atoms with van der Waals surface area (Å²) < 4.78 is 58.2. The first-order valence-electron chi connectivity index (χ1n) is 8.25. The summed E-state index contributed by atoms with van der Waals surface area (Å²) in [6.07, 6.45) is -1.97. The summed E-state index contributed by atoms with van der Waals surface area (Å²) in [6, 6.07) is 7.64. The van der Waals surface area contributed by atoms with Gasteiger partial charge in [0.05, 0.1) is 25.4 Å². The van der Waals surface area contributed by atoms with E-state index in [1.807, 2.05) is 0 Å². The van der Waals surface area contributed by atoms with Crippen molar-refractivity contribution >= 4 is 0 Å². The van der Waals surface area contributed by atoms with E-state index in [0.717, 1.165) is 0 Å². The predicted molar refractivity (Wildman–Crippen MR) is 88.4 cm³/mol. The number of pyridine rings is 1. The molecule has 6 nitrogen and oxygen atoms in total. The van der Waals surface area contributed by atoms with Crippen molar-refractivity contribution in [2.75, 3.05) is 33.0 Å². The van der Waals surface area contributed by atoms with Gasteiger partial charge in [-0.1, -0.05) is 12.1 Å². The van der Waals surface area contributed by atoms with Crippen LogP contribution in [0.25, 0.3) is 11.1 Å². The van der Waals surface area contributed by atoms with Gasteiger partial charge in [0, 0.05) is 6.07 Å². The highest BCUT2D eigenvalue weighted by atomic mass is 19.4. The normalized spacial score (nSPS) is 17.5. The van der Waals surface area contributed by atoms with E-state index >= 15 is 0 Å². The lowest BCUT2D eigenvalue weighted by atomic mass is 10.1. The zero-order chi connectivity index (χ0) is 19.3. The van der Waals surface area contributed by atoms with E-state index in [4.69, 9.17) is 14.2 Å². The van der Waals surface area contributed by atoms with Crippen LogP contribution in [0.3, 0.4) is 0 Å². The Bertz CT molecular complexity index is 746. The van der Waals surface area contributed by atoms with Crippen molar-refractivity contribution in [2.45, 2.75) is 12.3 Å². The molecule has 0 bridgehead atoms. The maximum atomic E-state index is 12.2. The van der Waals surface area contributed by atoms with Crippen molar-refractivity contribution in [3.05, 3.63) is 47.9 Å². The molecule has 9 heteroatoms. The van der Waals surface area contributed by atoms with E-state index in [1.54, 1.807) is 18.2 Å². The van der Waals surface area contributed by atoms with Gasteiger partial charge in [0.2, 0.25) is 6.20 Å². The van der Waals surface area contributed by atoms with Crippen molar-refractivity contribution in [3.63, 3.8) is 0 Å². The molecule has 1 aromatic carbocycles. The number of ether oxygens (including phenoxy) is 4. The second-order valence-electron chi connectivity index (χ2n) is 5.93. The Labute approximate surface area is 153 Å². The molecule has 146 valence electrons. The minimum Gasteiger partial charge on any atom is -0.619 e. The minimum absolute atomic E-state index is 0.0907. The van der Waals surface area contributed by atoms with E-state index in [1.165, 1.54) is 24.5 Å². The fourth-order valence-corrected chi connectivity index (χ4v) is 2.50. The van der Waals surface area contributed by atoms with Gasteiger partial charge in [-0.25, -0.2) is 0 Å². The van der Waals surface area contributed by atoms with Crippen LogP contribution in [0, 0.1) is 5.21 Å². The van der Waals surface area contributed by atoms with E-state index in [2.05, 4.69) is 4.74 Å². The van der Waals surface area contributed by atoms with Crippen LogP contribution < -0.4 is 14.2 Å². The van der Waals surface area contributed by atoms with E-state index < -0.39 is 12.8 Å². The predicted octanol–water partition coefficient (Wildman–Crippen LogP) is 2.72. The molecule has 1 aliphatic rings. The Morgan fingerprint density at radius 1 is 1.04 bits per heavy atom. The maximum absolute atomic E-state index is 12.2. The van der Waals surface area contributed by atoms with Crippen LogP contribution in [-0.4, -0.2) is 45.3 Å². The van der Waals surface area contributed by atoms with Crippen LogP contribution in [-0.2, 0) is 9.47 Å². The number of nitrogens with zero attached hydrogens (tertiary/aromatic N) is 1. The monoisotopic (exact) mass is 385 g/mol. The van der Waals surface area contributed by atoms with Crippen molar-refractivity contribution in [2.24, 2.45) is 0 Å². The van der Waals surface area contributed by atoms with Gasteiger partial charge in [-0.05, 0) is 17.7 Å². The molecule has 1 fully saturated rings. The Morgan fingerprint density at radius 3 is 2.48 bits per heavy atom. The minimum atomic E-state index is -4.40. The maximum Gasteiger partial charge on any atom is 0.422 e. The summed E-state index contributed by atoms with van der Waals surface area (Å²) in [5.41, 5.74) is 1.20. The summed E-state index contributed by atoms with van der Waals surface area (Å²) in [5.74, 6) is 0.446. The van der Waals surface area contributed by atoms with Gasteiger partial charge in [-0.15, -0.1) is 0 Å². The van der Waals surface area contributed by atoms with Gasteiger partial charge in [-0.3, -0.25) is 0 Å². The molecular formula is C18H18F3NO5. The molecule has 27 heavy (non-hydrogen) atoms. The largest absolute Gasteiger partial charge is 0.619 e. The van der Waals surface area contributed by atoms with E-state index in [0.29, 0.717) is 41.4 Å². The SMILES string of the molecule is [O-][n+]1cc(OC[C@H]2COCCO2)cc(-c2ccc(OCC(F)(F)F)cc2)c1. The van der Waals surface area contributed by atoms with Crippen LogP contribution in [0.2, 0.25) is 0 Å². The quantitative estimate of drug-likeness (QED) is 0.565. The fraction of sp³-hybridized carbons (Fsp3) is 0.389. The van der Waals surface area contributed by atoms with E-state index in [-0.39, 0.29) is 18.5 Å². The van der Waals surface area contributed by atoms with Gasteiger partial charge in [-0.2, -0.15) is 17.9 Å². The molecule has 0 aliphatic carbocycles. The van der Waals surface area contributed by atoms with Gasteiger partial charge in [0.15, 0.2) is 18.6 Å². The summed E-state index contributed by atoms with van der Waals surface area (Å²) in [6.45, 7) is 0.362. The fourth-order valence-electron chi connectivity index (χ4n) is 2.50. The van der Waals surface area contributed by atoms with Crippen molar-refractivity contribution in [3.8, 4) is 22.6 Å². The summed E-state index contributed by atoms with van der Waals surface area (Å²) >= 11 is 0. The third kappa shape index (κ3) is 6.00. The number of hydrogen-bond acceptors (Lipinski definition) is 5. The van der Waals surface area contributed by atoms with Crippen LogP contribution in [0.1, 0.15) is 0 Å². The molecule has 1 aliphatic heterocycles. The molecule has 0 saturated carbocycles. The number of alkyl halides is 3. The Hall–Kier alpha value is -2.52. The lowest BCUT2D eigenvalue weighted by Gasteiger charge is -2.22. The number of rotatable bonds is 6. The van der Waals surface area contributed by atoms with Gasteiger partial charge in [0.25, 0.3) is 0 Å². The van der Waals surface area contributed by atoms with Crippen LogP contribution in [0.15, 0.2) is 42.7 Å². The van der Waals surface area contributed by atoms with Crippen LogP contribution >= 0.6 is 0 Å². The smallest absolute Gasteiger partial charge is 0.422 e. The molecule has 1 aromatic heterocycles. The molecule has 0 radical (unpaired) electrons. The highest BCUT2D eigenvalue weighted by Crippen LogP contribution is 2.25. The van der Waals surface area contributed by atoms with Crippen molar-refractivity contribution < 1.29 is 36.8 Å². The summed E-state index contributed by atoms with van der Waals surface area (Å²) in [7, 11) is 0. The number of aromatic nitrogens is 1. The van der Waals surface area contributed by atoms with Crippen molar-refractivity contribution in [1.29, 1.82) is 0 Å². The molecule has 3 rings (SSSR count). The molecule has 2 aromatic rings. The number of benzene rings is 1. The Kier molecular flexibility index (Phi) is 6.02. The Morgan fingerprint density at radius 2 is 1.81 bits per heavy atom. The molecule has 0 spiro atoms. The van der Waals surface area contributed by atoms with Gasteiger partial charge < -0.3 is 24.2 Å². The second kappa shape index (κ2) is 8.45. The highest BCUT2D eigenvalue weighted by molar-refractivity contribution is 5.63. The topological polar surface area (TPSA) is 63.9 Å². The first kappa shape index (κ1) is 19.2. The lowest BCUT2D eigenvalue weighted by Crippen LogP contribution is -2.34.